The molecule has 12 heteroatoms. The third kappa shape index (κ3) is 5.63. The number of allylic oxidation sites excluding steroid dienone is 1. The molecule has 202 valence electrons. The van der Waals surface area contributed by atoms with Crippen molar-refractivity contribution >= 4 is 45.0 Å². The van der Waals surface area contributed by atoms with E-state index in [2.05, 4.69) is 11.4 Å². The fraction of sp³-hybridized carbons (Fsp3) is 0.296. The van der Waals surface area contributed by atoms with E-state index in [1.165, 1.54) is 4.31 Å². The average Bonchev–Trinajstić information content (AvgIpc) is 3.26. The van der Waals surface area contributed by atoms with Crippen molar-refractivity contribution in [2.24, 2.45) is 0 Å². The van der Waals surface area contributed by atoms with Crippen LogP contribution in [0.1, 0.15) is 23.2 Å². The molecular weight excluding hydrogens is 540 g/mol. The van der Waals surface area contributed by atoms with Gasteiger partial charge in [-0.3, -0.25) is 4.79 Å². The lowest BCUT2D eigenvalue weighted by molar-refractivity contribution is -0.116. The number of ether oxygens (including phenoxy) is 1. The number of carbonyl (C=O) groups excluding carboxylic acids is 1. The Labute approximate surface area is 231 Å². The van der Waals surface area contributed by atoms with Crippen molar-refractivity contribution in [3.63, 3.8) is 0 Å². The Morgan fingerprint density at radius 3 is 2.67 bits per heavy atom. The van der Waals surface area contributed by atoms with Gasteiger partial charge in [-0.2, -0.15) is 9.57 Å². The van der Waals surface area contributed by atoms with Crippen molar-refractivity contribution in [2.45, 2.75) is 18.6 Å². The molecule has 1 saturated heterocycles. The molecule has 0 spiro atoms. The first-order valence-corrected chi connectivity index (χ1v) is 14.5. The quantitative estimate of drug-likeness (QED) is 0.467. The second kappa shape index (κ2) is 11.1. The molecule has 1 fully saturated rings. The van der Waals surface area contributed by atoms with E-state index in [0.717, 1.165) is 17.3 Å². The minimum absolute atomic E-state index is 0.0184. The van der Waals surface area contributed by atoms with Crippen LogP contribution in [0.5, 0.6) is 0 Å². The molecule has 3 aliphatic heterocycles. The largest absolute Gasteiger partial charge is 0.486 e. The molecule has 2 aromatic heterocycles. The van der Waals surface area contributed by atoms with E-state index >= 15 is 0 Å². The lowest BCUT2D eigenvalue weighted by Crippen LogP contribution is -2.49. The maximum Gasteiger partial charge on any atom is 0.293 e. The maximum absolute atomic E-state index is 13.4. The summed E-state index contributed by atoms with van der Waals surface area (Å²) >= 11 is 6.07. The van der Waals surface area contributed by atoms with E-state index in [-0.39, 0.29) is 36.9 Å². The lowest BCUT2D eigenvalue weighted by atomic mass is 10.1. The number of aromatic nitrogens is 1. The number of sulfonamides is 1. The van der Waals surface area contributed by atoms with Gasteiger partial charge in [-0.05, 0) is 60.4 Å². The van der Waals surface area contributed by atoms with Crippen molar-refractivity contribution in [3.8, 4) is 6.07 Å². The number of rotatable bonds is 3. The second-order valence-corrected chi connectivity index (χ2v) is 11.8. The van der Waals surface area contributed by atoms with Crippen molar-refractivity contribution in [1.29, 1.82) is 10.7 Å². The molecule has 6 rings (SSSR count). The van der Waals surface area contributed by atoms with Crippen LogP contribution in [0.3, 0.4) is 0 Å². The Hall–Kier alpha value is -3.85. The fourth-order valence-electron chi connectivity index (χ4n) is 4.94. The summed E-state index contributed by atoms with van der Waals surface area (Å²) < 4.78 is 35.8. The van der Waals surface area contributed by atoms with Crippen LogP contribution in [-0.4, -0.2) is 66.9 Å². The third-order valence-electron chi connectivity index (χ3n) is 6.85. The standard InChI is InChI=1S/C27H27ClN6O4S/c28-21-4-1-5-22(15-21)31-27(35)26-25(17-30)32-8-10-33(11-9-32)39(36,37)18-19-6-7-34-23(16-29)14-20(24(34)13-19)3-2-12-38-26/h1,4-7,13-15,17,30H,2-3,8-12,18H2,(H,31,35). The van der Waals surface area contributed by atoms with Gasteiger partial charge in [0, 0.05) is 54.8 Å². The van der Waals surface area contributed by atoms with Crippen LogP contribution in [0.25, 0.3) is 5.52 Å². The van der Waals surface area contributed by atoms with Crippen molar-refractivity contribution in [1.82, 2.24) is 13.6 Å². The van der Waals surface area contributed by atoms with Gasteiger partial charge in [-0.1, -0.05) is 17.7 Å². The van der Waals surface area contributed by atoms with Gasteiger partial charge in [-0.25, -0.2) is 8.42 Å². The van der Waals surface area contributed by atoms with Gasteiger partial charge in [0.2, 0.25) is 15.8 Å². The number of amides is 1. The number of hydrogen-bond donors (Lipinski definition) is 2. The number of nitrogens with zero attached hydrogens (tertiary/aromatic N) is 4. The van der Waals surface area contributed by atoms with Crippen LogP contribution in [-0.2, 0) is 31.7 Å². The summed E-state index contributed by atoms with van der Waals surface area (Å²) in [7, 11) is -3.62. The molecule has 0 aliphatic carbocycles. The normalized spacial score (nSPS) is 18.1. The highest BCUT2D eigenvalue weighted by atomic mass is 35.5. The molecule has 3 aliphatic rings. The Balaban J connectivity index is 1.51. The molecule has 0 radical (unpaired) electrons. The van der Waals surface area contributed by atoms with Gasteiger partial charge >= 0.3 is 0 Å². The highest BCUT2D eigenvalue weighted by molar-refractivity contribution is 7.88. The zero-order valence-electron chi connectivity index (χ0n) is 21.1. The van der Waals surface area contributed by atoms with E-state index in [4.69, 9.17) is 21.7 Å². The molecule has 0 atom stereocenters. The summed E-state index contributed by atoms with van der Waals surface area (Å²) in [4.78, 5) is 15.2. The molecular formula is C27H27ClN6O4S. The topological polar surface area (TPSA) is 131 Å². The third-order valence-corrected chi connectivity index (χ3v) is 8.94. The monoisotopic (exact) mass is 566 g/mol. The number of pyridine rings is 1. The Morgan fingerprint density at radius 1 is 1.15 bits per heavy atom. The SMILES string of the molecule is N#Cc1cc2c3cc(ccn13)CS(=O)(=O)N1CCN(CC1)C(C=N)=C(C(=O)Nc1cccc(Cl)c1)OCCC2. The Bertz CT molecular complexity index is 1620. The van der Waals surface area contributed by atoms with Gasteiger partial charge < -0.3 is 24.8 Å². The summed E-state index contributed by atoms with van der Waals surface area (Å²) in [6, 6.07) is 14.3. The van der Waals surface area contributed by atoms with E-state index in [1.807, 2.05) is 6.07 Å². The highest BCUT2D eigenvalue weighted by Crippen LogP contribution is 2.24. The van der Waals surface area contributed by atoms with Crippen LogP contribution in [0.4, 0.5) is 5.69 Å². The molecule has 3 aromatic rings. The fourth-order valence-corrected chi connectivity index (χ4v) is 6.64. The van der Waals surface area contributed by atoms with Crippen LogP contribution < -0.4 is 5.32 Å². The highest BCUT2D eigenvalue weighted by Gasteiger charge is 2.30. The molecule has 2 N–H and O–H groups in total. The van der Waals surface area contributed by atoms with Crippen molar-refractivity contribution in [3.05, 3.63) is 82.0 Å². The molecule has 5 heterocycles. The number of anilines is 1. The minimum atomic E-state index is -3.62. The number of piperazine rings is 1. The van der Waals surface area contributed by atoms with Gasteiger partial charge in [0.1, 0.15) is 17.5 Å². The predicted molar refractivity (Wildman–Crippen MR) is 148 cm³/mol. The zero-order chi connectivity index (χ0) is 27.6. The molecule has 0 unspecified atom stereocenters. The number of hydrogen-bond acceptors (Lipinski definition) is 7. The average molecular weight is 567 g/mol. The number of nitrogens with one attached hydrogen (secondary N) is 2. The zero-order valence-corrected chi connectivity index (χ0v) is 22.6. The van der Waals surface area contributed by atoms with Gasteiger partial charge in [0.25, 0.3) is 5.91 Å². The Kier molecular flexibility index (Phi) is 7.61. The first kappa shape index (κ1) is 26.7. The summed E-state index contributed by atoms with van der Waals surface area (Å²) in [5.74, 6) is -0.701. The molecule has 0 saturated carbocycles. The van der Waals surface area contributed by atoms with Gasteiger partial charge in [-0.15, -0.1) is 0 Å². The summed E-state index contributed by atoms with van der Waals surface area (Å²) in [5, 5.41) is 20.9. The van der Waals surface area contributed by atoms with Crippen molar-refractivity contribution < 1.29 is 17.9 Å². The molecule has 1 amide bonds. The van der Waals surface area contributed by atoms with Gasteiger partial charge in [0.15, 0.2) is 0 Å². The number of fused-ring (bicyclic) bond motifs is 7. The summed E-state index contributed by atoms with van der Waals surface area (Å²) in [6.45, 7) is 1.21. The first-order valence-electron chi connectivity index (χ1n) is 12.5. The van der Waals surface area contributed by atoms with Crippen LogP contribution in [0.2, 0.25) is 5.02 Å². The number of carbonyl (C=O) groups is 1. The predicted octanol–water partition coefficient (Wildman–Crippen LogP) is 3.37. The molecule has 4 bridgehead atoms. The molecule has 10 nitrogen and oxygen atoms in total. The number of halogens is 1. The minimum Gasteiger partial charge on any atom is -0.486 e. The first-order chi connectivity index (χ1) is 18.8. The van der Waals surface area contributed by atoms with E-state index < -0.39 is 15.9 Å². The van der Waals surface area contributed by atoms with Gasteiger partial charge in [0.05, 0.1) is 12.4 Å². The summed E-state index contributed by atoms with van der Waals surface area (Å²) in [5.41, 5.74) is 3.52. The number of aryl methyl sites for hydroxylation is 1. The van der Waals surface area contributed by atoms with Crippen LogP contribution in [0.15, 0.2) is 60.1 Å². The molecule has 39 heavy (non-hydrogen) atoms. The Morgan fingerprint density at radius 2 is 1.95 bits per heavy atom. The van der Waals surface area contributed by atoms with Crippen LogP contribution in [0, 0.1) is 16.7 Å². The maximum atomic E-state index is 13.4. The second-order valence-electron chi connectivity index (χ2n) is 9.37. The van der Waals surface area contributed by atoms with E-state index in [9.17, 15) is 18.5 Å². The number of nitriles is 1. The van der Waals surface area contributed by atoms with E-state index in [1.54, 1.807) is 51.9 Å². The molecule has 1 aromatic carbocycles. The van der Waals surface area contributed by atoms with Crippen LogP contribution >= 0.6 is 11.6 Å². The smallest absolute Gasteiger partial charge is 0.293 e. The lowest BCUT2D eigenvalue weighted by Gasteiger charge is -2.36. The summed E-state index contributed by atoms with van der Waals surface area (Å²) in [6.07, 6.45) is 3.87. The number of benzene rings is 1. The van der Waals surface area contributed by atoms with E-state index in [0.29, 0.717) is 47.9 Å². The van der Waals surface area contributed by atoms with Crippen molar-refractivity contribution in [2.75, 3.05) is 38.1 Å².